The second kappa shape index (κ2) is 8.29. The van der Waals surface area contributed by atoms with Crippen molar-refractivity contribution in [3.05, 3.63) is 57.7 Å². The summed E-state index contributed by atoms with van der Waals surface area (Å²) in [5, 5.41) is 19.4. The number of pyridine rings is 1. The lowest BCUT2D eigenvalue weighted by atomic mass is 9.82. The number of nitrogens with zero attached hydrogens (tertiary/aromatic N) is 3. The number of rotatable bonds is 4. The van der Waals surface area contributed by atoms with Crippen LogP contribution in [0.2, 0.25) is 0 Å². The molecule has 174 valence electrons. The number of likely N-dealkylation sites (tertiary alicyclic amines) is 1. The number of quaternary nitrogens is 1. The molecule has 3 aliphatic rings. The van der Waals surface area contributed by atoms with Crippen LogP contribution in [0.3, 0.4) is 0 Å². The molecule has 2 amide bonds. The van der Waals surface area contributed by atoms with Crippen LogP contribution in [0.1, 0.15) is 24.5 Å². The minimum absolute atomic E-state index is 0.0283. The molecule has 0 spiro atoms. The first-order chi connectivity index (χ1) is 15.9. The second-order valence-corrected chi connectivity index (χ2v) is 9.01. The third-order valence-electron chi connectivity index (χ3n) is 7.00. The summed E-state index contributed by atoms with van der Waals surface area (Å²) in [5.74, 6) is 0.0531. The quantitative estimate of drug-likeness (QED) is 0.640. The molecule has 2 aromatic rings. The van der Waals surface area contributed by atoms with E-state index in [1.165, 1.54) is 6.07 Å². The average Bonchev–Trinajstić information content (AvgIpc) is 3.20. The van der Waals surface area contributed by atoms with Gasteiger partial charge in [0.15, 0.2) is 0 Å². The molecule has 2 fully saturated rings. The number of carbonyl (C=O) groups is 2. The number of fused-ring (bicyclic) bond motifs is 4. The minimum atomic E-state index is -1.23. The minimum Gasteiger partial charge on any atom is -0.595 e. The van der Waals surface area contributed by atoms with Gasteiger partial charge in [0.2, 0.25) is 17.5 Å². The summed E-state index contributed by atoms with van der Waals surface area (Å²) in [7, 11) is 1.55. The second-order valence-electron chi connectivity index (χ2n) is 9.01. The maximum absolute atomic E-state index is 13.4. The fourth-order valence-electron chi connectivity index (χ4n) is 5.51. The summed E-state index contributed by atoms with van der Waals surface area (Å²) >= 11 is 0. The van der Waals surface area contributed by atoms with E-state index in [0.717, 1.165) is 12.1 Å². The first kappa shape index (κ1) is 21.6. The molecule has 33 heavy (non-hydrogen) atoms. The van der Waals surface area contributed by atoms with Gasteiger partial charge in [-0.25, -0.2) is 5.21 Å². The fraction of sp³-hybridized carbons (Fsp3) is 0.435. The summed E-state index contributed by atoms with van der Waals surface area (Å²) in [6.45, 7) is 1.66. The summed E-state index contributed by atoms with van der Waals surface area (Å²) < 4.78 is 6.94. The molecule has 4 atom stereocenters. The number of methoxy groups -OCH3 is 1. The van der Waals surface area contributed by atoms with E-state index < -0.39 is 16.7 Å². The number of nitrogens with one attached hydrogen (secondary N) is 1. The Bertz CT molecular complexity index is 1160. The molecule has 2 saturated heterocycles. The summed E-state index contributed by atoms with van der Waals surface area (Å²) in [6.07, 6.45) is 1.01. The number of piperidine rings is 1. The summed E-state index contributed by atoms with van der Waals surface area (Å²) in [6, 6.07) is 10.3. The molecule has 10 heteroatoms. The lowest BCUT2D eigenvalue weighted by molar-refractivity contribution is -0.992. The molecular formula is C23H26N4O6. The van der Waals surface area contributed by atoms with E-state index in [9.17, 15) is 24.8 Å². The van der Waals surface area contributed by atoms with Crippen LogP contribution < -0.4 is 20.4 Å². The van der Waals surface area contributed by atoms with Crippen molar-refractivity contribution in [2.45, 2.75) is 25.3 Å². The summed E-state index contributed by atoms with van der Waals surface area (Å²) in [4.78, 5) is 42.2. The highest BCUT2D eigenvalue weighted by atomic mass is 16.8. The molecular weight excluding hydrogens is 428 g/mol. The van der Waals surface area contributed by atoms with Gasteiger partial charge in [-0.2, -0.15) is 5.23 Å². The van der Waals surface area contributed by atoms with Crippen LogP contribution in [0.5, 0.6) is 5.75 Å². The van der Waals surface area contributed by atoms with Crippen molar-refractivity contribution in [2.75, 3.05) is 31.6 Å². The molecule has 3 aliphatic heterocycles. The molecule has 2 N–H and O–H groups in total. The zero-order chi connectivity index (χ0) is 23.3. The van der Waals surface area contributed by atoms with Crippen LogP contribution >= 0.6 is 0 Å². The SMILES string of the molecule is COc1ccccc1N1CC(C(=O)N2CC3CC(C2)c2ccc([NH+]([O-])O)c(=O)n2C3)CC1=O. The van der Waals surface area contributed by atoms with E-state index in [1.54, 1.807) is 28.7 Å². The Morgan fingerprint density at radius 2 is 1.91 bits per heavy atom. The van der Waals surface area contributed by atoms with E-state index in [1.807, 2.05) is 23.1 Å². The Labute approximate surface area is 190 Å². The zero-order valence-electron chi connectivity index (χ0n) is 18.3. The predicted octanol–water partition coefficient (Wildman–Crippen LogP) is 0.259. The van der Waals surface area contributed by atoms with Crippen LogP contribution in [0.25, 0.3) is 0 Å². The average molecular weight is 454 g/mol. The first-order valence-corrected chi connectivity index (χ1v) is 11.1. The van der Waals surface area contributed by atoms with E-state index >= 15 is 0 Å². The number of carbonyl (C=O) groups excluding carboxylic acids is 2. The van der Waals surface area contributed by atoms with Crippen LogP contribution in [-0.4, -0.2) is 53.2 Å². The highest BCUT2D eigenvalue weighted by molar-refractivity contribution is 6.01. The zero-order valence-corrected chi connectivity index (χ0v) is 18.3. The fourth-order valence-corrected chi connectivity index (χ4v) is 5.51. The molecule has 2 bridgehead atoms. The van der Waals surface area contributed by atoms with Crippen LogP contribution in [0.4, 0.5) is 11.4 Å². The van der Waals surface area contributed by atoms with Gasteiger partial charge >= 0.3 is 5.56 Å². The van der Waals surface area contributed by atoms with Crippen molar-refractivity contribution in [2.24, 2.45) is 11.8 Å². The van der Waals surface area contributed by atoms with Crippen molar-refractivity contribution in [3.63, 3.8) is 0 Å². The molecule has 1 aromatic heterocycles. The van der Waals surface area contributed by atoms with Crippen LogP contribution in [0, 0.1) is 17.0 Å². The van der Waals surface area contributed by atoms with Crippen molar-refractivity contribution < 1.29 is 24.8 Å². The number of ether oxygens (including phenoxy) is 1. The van der Waals surface area contributed by atoms with Crippen LogP contribution in [-0.2, 0) is 16.1 Å². The highest BCUT2D eigenvalue weighted by Crippen LogP contribution is 2.38. The Kier molecular flexibility index (Phi) is 5.43. The standard InChI is InChI=1S/C23H26N4O6/c1-33-20-5-3-2-4-18(20)25-13-16(9-21(25)28)22(29)24-10-14-8-15(12-24)17-6-7-19(27(31)32)23(30)26(17)11-14/h2-7,14-16,27,31H,8-13H2,1H3. The van der Waals surface area contributed by atoms with Gasteiger partial charge in [-0.3, -0.25) is 14.4 Å². The third-order valence-corrected chi connectivity index (χ3v) is 7.00. The number of para-hydroxylation sites is 2. The molecule has 0 saturated carbocycles. The lowest BCUT2D eigenvalue weighted by Crippen LogP contribution is -3.00. The molecule has 5 rings (SSSR count). The number of anilines is 1. The predicted molar refractivity (Wildman–Crippen MR) is 117 cm³/mol. The Hall–Kier alpha value is -3.21. The van der Waals surface area contributed by atoms with Gasteiger partial charge in [0, 0.05) is 50.3 Å². The lowest BCUT2D eigenvalue weighted by Gasteiger charge is -2.43. The number of amides is 2. The third kappa shape index (κ3) is 3.69. The monoisotopic (exact) mass is 454 g/mol. The van der Waals surface area contributed by atoms with E-state index in [0.29, 0.717) is 37.6 Å². The van der Waals surface area contributed by atoms with Crippen molar-refractivity contribution >= 4 is 23.2 Å². The van der Waals surface area contributed by atoms with Gasteiger partial charge in [0.05, 0.1) is 18.7 Å². The summed E-state index contributed by atoms with van der Waals surface area (Å²) in [5.41, 5.74) is 0.728. The van der Waals surface area contributed by atoms with Crippen molar-refractivity contribution in [3.8, 4) is 5.75 Å². The van der Waals surface area contributed by atoms with Gasteiger partial charge in [-0.15, -0.1) is 0 Å². The molecule has 4 unspecified atom stereocenters. The normalized spacial score (nSPS) is 25.1. The van der Waals surface area contributed by atoms with Gasteiger partial charge in [-0.1, -0.05) is 12.1 Å². The number of benzene rings is 1. The maximum Gasteiger partial charge on any atom is 0.315 e. The van der Waals surface area contributed by atoms with Gasteiger partial charge in [0.25, 0.3) is 0 Å². The van der Waals surface area contributed by atoms with E-state index in [-0.39, 0.29) is 35.8 Å². The maximum atomic E-state index is 13.4. The molecule has 0 aliphatic carbocycles. The van der Waals surface area contributed by atoms with E-state index in [4.69, 9.17) is 4.74 Å². The Morgan fingerprint density at radius 1 is 1.12 bits per heavy atom. The molecule has 0 radical (unpaired) electrons. The highest BCUT2D eigenvalue weighted by Gasteiger charge is 2.42. The van der Waals surface area contributed by atoms with Gasteiger partial charge in [-0.05, 0) is 30.5 Å². The number of aromatic nitrogens is 1. The van der Waals surface area contributed by atoms with Gasteiger partial charge in [0.1, 0.15) is 5.75 Å². The number of hydrogen-bond donors (Lipinski definition) is 2. The largest absolute Gasteiger partial charge is 0.595 e. The number of hydrogen-bond acceptors (Lipinski definition) is 6. The van der Waals surface area contributed by atoms with E-state index in [2.05, 4.69) is 0 Å². The molecule has 10 nitrogen and oxygen atoms in total. The van der Waals surface area contributed by atoms with Crippen LogP contribution in [0.15, 0.2) is 41.2 Å². The molecule has 4 heterocycles. The topological polar surface area (TPSA) is 120 Å². The first-order valence-electron chi connectivity index (χ1n) is 11.1. The Balaban J connectivity index is 1.34. The smallest absolute Gasteiger partial charge is 0.315 e. The molecule has 1 aromatic carbocycles. The van der Waals surface area contributed by atoms with Gasteiger partial charge < -0.3 is 24.3 Å². The van der Waals surface area contributed by atoms with Crippen molar-refractivity contribution in [1.29, 1.82) is 0 Å². The Morgan fingerprint density at radius 3 is 2.67 bits per heavy atom. The van der Waals surface area contributed by atoms with Crippen molar-refractivity contribution in [1.82, 2.24) is 9.47 Å².